The van der Waals surface area contributed by atoms with Gasteiger partial charge in [0.1, 0.15) is 0 Å². The highest BCUT2D eigenvalue weighted by Crippen LogP contribution is 2.31. The van der Waals surface area contributed by atoms with Gasteiger partial charge in [-0.05, 0) is 44.9 Å². The van der Waals surface area contributed by atoms with Crippen LogP contribution in [-0.4, -0.2) is 42.4 Å². The minimum atomic E-state index is -0.510. The lowest BCUT2D eigenvalue weighted by molar-refractivity contribution is 0.00199. The SMILES string of the molecule is CNCC1(O)CCC(N(C)c2ccncc2)CC1. The van der Waals surface area contributed by atoms with Crippen LogP contribution in [0.15, 0.2) is 24.5 Å². The lowest BCUT2D eigenvalue weighted by atomic mass is 9.81. The smallest absolute Gasteiger partial charge is 0.0773 e. The summed E-state index contributed by atoms with van der Waals surface area (Å²) in [5.41, 5.74) is 0.693. The van der Waals surface area contributed by atoms with E-state index in [1.165, 1.54) is 5.69 Å². The van der Waals surface area contributed by atoms with Gasteiger partial charge in [0, 0.05) is 37.7 Å². The largest absolute Gasteiger partial charge is 0.389 e. The normalized spacial score (nSPS) is 28.1. The lowest BCUT2D eigenvalue weighted by Gasteiger charge is -2.40. The van der Waals surface area contributed by atoms with Crippen molar-refractivity contribution in [2.45, 2.75) is 37.3 Å². The highest BCUT2D eigenvalue weighted by Gasteiger charge is 2.33. The summed E-state index contributed by atoms with van der Waals surface area (Å²) in [7, 11) is 4.02. The molecule has 18 heavy (non-hydrogen) atoms. The van der Waals surface area contributed by atoms with E-state index in [1.807, 2.05) is 31.6 Å². The minimum Gasteiger partial charge on any atom is -0.389 e. The number of aliphatic hydroxyl groups is 1. The fraction of sp³-hybridized carbons (Fsp3) is 0.643. The highest BCUT2D eigenvalue weighted by atomic mass is 16.3. The summed E-state index contributed by atoms with van der Waals surface area (Å²) >= 11 is 0. The molecule has 1 saturated carbocycles. The standard InChI is InChI=1S/C14H23N3O/c1-15-11-14(18)7-3-12(4-8-14)17(2)13-5-9-16-10-6-13/h5-6,9-10,12,15,18H,3-4,7-8,11H2,1-2H3. The number of hydrogen-bond donors (Lipinski definition) is 2. The number of nitrogens with zero attached hydrogens (tertiary/aromatic N) is 2. The summed E-state index contributed by atoms with van der Waals surface area (Å²) in [6.45, 7) is 0.693. The fourth-order valence-electron chi connectivity index (χ4n) is 2.82. The molecule has 4 nitrogen and oxygen atoms in total. The number of pyridine rings is 1. The van der Waals surface area contributed by atoms with Crippen molar-refractivity contribution in [3.05, 3.63) is 24.5 Å². The van der Waals surface area contributed by atoms with Crippen molar-refractivity contribution in [2.75, 3.05) is 25.5 Å². The maximum Gasteiger partial charge on any atom is 0.0773 e. The summed E-state index contributed by atoms with van der Waals surface area (Å²) < 4.78 is 0. The maximum atomic E-state index is 10.4. The first-order chi connectivity index (χ1) is 8.64. The zero-order chi connectivity index (χ0) is 13.0. The van der Waals surface area contributed by atoms with Crippen LogP contribution in [0.2, 0.25) is 0 Å². The van der Waals surface area contributed by atoms with Crippen molar-refractivity contribution in [3.8, 4) is 0 Å². The maximum absolute atomic E-state index is 10.4. The summed E-state index contributed by atoms with van der Waals surface area (Å²) in [6.07, 6.45) is 7.47. The van der Waals surface area contributed by atoms with Gasteiger partial charge in [-0.3, -0.25) is 4.98 Å². The van der Waals surface area contributed by atoms with Crippen LogP contribution < -0.4 is 10.2 Å². The van der Waals surface area contributed by atoms with Gasteiger partial charge in [-0.1, -0.05) is 0 Å². The number of likely N-dealkylation sites (N-methyl/N-ethyl adjacent to an activating group) is 1. The fourth-order valence-corrected chi connectivity index (χ4v) is 2.82. The molecule has 1 aromatic heterocycles. The minimum absolute atomic E-state index is 0.510. The van der Waals surface area contributed by atoms with Gasteiger partial charge in [-0.25, -0.2) is 0 Å². The average molecular weight is 249 g/mol. The van der Waals surface area contributed by atoms with Crippen LogP contribution in [0.25, 0.3) is 0 Å². The van der Waals surface area contributed by atoms with Crippen LogP contribution in [0.1, 0.15) is 25.7 Å². The number of anilines is 1. The van der Waals surface area contributed by atoms with Gasteiger partial charge in [0.15, 0.2) is 0 Å². The molecule has 2 N–H and O–H groups in total. The first kappa shape index (κ1) is 13.3. The first-order valence-electron chi connectivity index (χ1n) is 6.64. The van der Waals surface area contributed by atoms with E-state index in [2.05, 4.69) is 22.2 Å². The van der Waals surface area contributed by atoms with Crippen molar-refractivity contribution in [3.63, 3.8) is 0 Å². The Bertz CT molecular complexity index is 361. The lowest BCUT2D eigenvalue weighted by Crippen LogP contribution is -2.47. The van der Waals surface area contributed by atoms with E-state index in [1.54, 1.807) is 0 Å². The van der Waals surface area contributed by atoms with E-state index >= 15 is 0 Å². The third-order valence-electron chi connectivity index (χ3n) is 4.01. The molecule has 100 valence electrons. The molecule has 0 aromatic carbocycles. The third-order valence-corrected chi connectivity index (χ3v) is 4.01. The molecular weight excluding hydrogens is 226 g/mol. The van der Waals surface area contributed by atoms with Crippen molar-refractivity contribution < 1.29 is 5.11 Å². The Kier molecular flexibility index (Phi) is 4.19. The summed E-state index contributed by atoms with van der Waals surface area (Å²) in [5, 5.41) is 13.4. The van der Waals surface area contributed by atoms with Gasteiger partial charge in [-0.2, -0.15) is 0 Å². The molecule has 4 heteroatoms. The van der Waals surface area contributed by atoms with Gasteiger partial charge in [-0.15, -0.1) is 0 Å². The van der Waals surface area contributed by atoms with Gasteiger partial charge in [0.05, 0.1) is 5.60 Å². The number of rotatable bonds is 4. The van der Waals surface area contributed by atoms with Gasteiger partial charge < -0.3 is 15.3 Å². The zero-order valence-electron chi connectivity index (χ0n) is 11.3. The average Bonchev–Trinajstić information content (AvgIpc) is 2.40. The van der Waals surface area contributed by atoms with Gasteiger partial charge >= 0.3 is 0 Å². The van der Waals surface area contributed by atoms with Crippen molar-refractivity contribution >= 4 is 5.69 Å². The van der Waals surface area contributed by atoms with Crippen LogP contribution in [0.3, 0.4) is 0 Å². The first-order valence-corrected chi connectivity index (χ1v) is 6.64. The molecule has 1 aromatic rings. The molecule has 0 amide bonds. The van der Waals surface area contributed by atoms with Crippen molar-refractivity contribution in [1.82, 2.24) is 10.3 Å². The van der Waals surface area contributed by atoms with E-state index in [4.69, 9.17) is 0 Å². The predicted octanol–water partition coefficient (Wildman–Crippen LogP) is 1.41. The molecule has 0 bridgehead atoms. The Hall–Kier alpha value is -1.13. The quantitative estimate of drug-likeness (QED) is 0.847. The Balaban J connectivity index is 1.94. The van der Waals surface area contributed by atoms with Crippen LogP contribution in [0.4, 0.5) is 5.69 Å². The van der Waals surface area contributed by atoms with Crippen LogP contribution in [-0.2, 0) is 0 Å². The molecular formula is C14H23N3O. The topological polar surface area (TPSA) is 48.4 Å². The molecule has 1 heterocycles. The second kappa shape index (κ2) is 5.67. The van der Waals surface area contributed by atoms with Crippen LogP contribution >= 0.6 is 0 Å². The van der Waals surface area contributed by atoms with Crippen molar-refractivity contribution in [2.24, 2.45) is 0 Å². The van der Waals surface area contributed by atoms with E-state index < -0.39 is 5.60 Å². The van der Waals surface area contributed by atoms with Crippen LogP contribution in [0.5, 0.6) is 0 Å². The molecule has 2 rings (SSSR count). The highest BCUT2D eigenvalue weighted by molar-refractivity contribution is 5.44. The molecule has 0 spiro atoms. The predicted molar refractivity (Wildman–Crippen MR) is 73.8 cm³/mol. The second-order valence-electron chi connectivity index (χ2n) is 5.30. The van der Waals surface area contributed by atoms with E-state index in [9.17, 15) is 5.11 Å². The van der Waals surface area contributed by atoms with E-state index in [0.29, 0.717) is 12.6 Å². The molecule has 0 aliphatic heterocycles. The molecule has 1 aliphatic carbocycles. The Labute approximate surface area is 109 Å². The molecule has 0 radical (unpaired) electrons. The molecule has 0 unspecified atom stereocenters. The Morgan fingerprint density at radius 3 is 2.56 bits per heavy atom. The number of nitrogens with one attached hydrogen (secondary N) is 1. The summed E-state index contributed by atoms with van der Waals surface area (Å²) in [4.78, 5) is 6.35. The molecule has 0 saturated heterocycles. The Morgan fingerprint density at radius 2 is 2.00 bits per heavy atom. The van der Waals surface area contributed by atoms with Gasteiger partial charge in [0.2, 0.25) is 0 Å². The second-order valence-corrected chi connectivity index (χ2v) is 5.30. The summed E-state index contributed by atoms with van der Waals surface area (Å²) in [6, 6.07) is 4.59. The number of aromatic nitrogens is 1. The summed E-state index contributed by atoms with van der Waals surface area (Å²) in [5.74, 6) is 0. The molecule has 1 fully saturated rings. The molecule has 0 atom stereocenters. The van der Waals surface area contributed by atoms with Crippen molar-refractivity contribution in [1.29, 1.82) is 0 Å². The molecule has 1 aliphatic rings. The zero-order valence-corrected chi connectivity index (χ0v) is 11.3. The van der Waals surface area contributed by atoms with Crippen LogP contribution in [0, 0.1) is 0 Å². The number of hydrogen-bond acceptors (Lipinski definition) is 4. The van der Waals surface area contributed by atoms with E-state index in [0.717, 1.165) is 25.7 Å². The van der Waals surface area contributed by atoms with Gasteiger partial charge in [0.25, 0.3) is 0 Å². The van der Waals surface area contributed by atoms with E-state index in [-0.39, 0.29) is 0 Å². The third kappa shape index (κ3) is 3.00. The Morgan fingerprint density at radius 1 is 1.39 bits per heavy atom. The monoisotopic (exact) mass is 249 g/mol.